The maximum absolute atomic E-state index is 12.3. The van der Waals surface area contributed by atoms with Crippen LogP contribution in [0.4, 0.5) is 0 Å². The Kier molecular flexibility index (Phi) is 4.17. The Hall–Kier alpha value is -2.77. The van der Waals surface area contributed by atoms with E-state index >= 15 is 0 Å². The van der Waals surface area contributed by atoms with Gasteiger partial charge in [0.25, 0.3) is 0 Å². The first kappa shape index (κ1) is 15.7. The van der Waals surface area contributed by atoms with Gasteiger partial charge in [0.2, 0.25) is 23.5 Å². The molecule has 2 amide bonds. The van der Waals surface area contributed by atoms with Gasteiger partial charge in [0.1, 0.15) is 0 Å². The number of nitrogens with one attached hydrogen (secondary N) is 1. The number of carbonyl (C=O) groups is 2. The molecule has 130 valence electrons. The Labute approximate surface area is 144 Å². The van der Waals surface area contributed by atoms with Crippen LogP contribution in [0.5, 0.6) is 0 Å². The minimum atomic E-state index is 0.0999. The molecule has 0 radical (unpaired) electrons. The normalized spacial score (nSPS) is 22.1. The van der Waals surface area contributed by atoms with E-state index in [0.29, 0.717) is 50.5 Å². The second kappa shape index (κ2) is 6.62. The van der Waals surface area contributed by atoms with Gasteiger partial charge in [-0.3, -0.25) is 14.6 Å². The van der Waals surface area contributed by atoms with Gasteiger partial charge >= 0.3 is 0 Å². The minimum absolute atomic E-state index is 0.0999. The molecule has 2 aliphatic heterocycles. The number of rotatable bonds is 5. The summed E-state index contributed by atoms with van der Waals surface area (Å²) in [4.78, 5) is 33.9. The Morgan fingerprint density at radius 3 is 3.12 bits per heavy atom. The molecular weight excluding hydrogens is 322 g/mol. The van der Waals surface area contributed by atoms with Crippen LogP contribution in [0.25, 0.3) is 11.4 Å². The molecule has 0 saturated carbocycles. The summed E-state index contributed by atoms with van der Waals surface area (Å²) >= 11 is 0. The number of likely N-dealkylation sites (tertiary alicyclic amines) is 1. The highest BCUT2D eigenvalue weighted by Gasteiger charge is 2.41. The van der Waals surface area contributed by atoms with Crippen molar-refractivity contribution in [1.29, 1.82) is 0 Å². The maximum Gasteiger partial charge on any atom is 0.226 e. The van der Waals surface area contributed by atoms with E-state index < -0.39 is 0 Å². The SMILES string of the molecule is O=C1C[C@H]2CN(C(=O)CCCc3nc(-c4cccnc4)no3)C[C@H]2N1. The number of hydrogen-bond acceptors (Lipinski definition) is 6. The summed E-state index contributed by atoms with van der Waals surface area (Å²) in [6.07, 6.45) is 5.57. The van der Waals surface area contributed by atoms with E-state index in [1.165, 1.54) is 0 Å². The zero-order chi connectivity index (χ0) is 17.2. The number of carbonyl (C=O) groups excluding carboxylic acids is 2. The molecule has 2 fully saturated rings. The van der Waals surface area contributed by atoms with Crippen LogP contribution in [0, 0.1) is 5.92 Å². The summed E-state index contributed by atoms with van der Waals surface area (Å²) in [5.41, 5.74) is 0.805. The maximum atomic E-state index is 12.3. The van der Waals surface area contributed by atoms with Crippen LogP contribution in [0.2, 0.25) is 0 Å². The smallest absolute Gasteiger partial charge is 0.226 e. The summed E-state index contributed by atoms with van der Waals surface area (Å²) in [5.74, 6) is 1.53. The number of pyridine rings is 1. The fraction of sp³-hybridized carbons (Fsp3) is 0.471. The first-order chi connectivity index (χ1) is 12.2. The van der Waals surface area contributed by atoms with Crippen molar-refractivity contribution >= 4 is 11.8 Å². The number of amides is 2. The van der Waals surface area contributed by atoms with Gasteiger partial charge in [-0.1, -0.05) is 5.16 Å². The monoisotopic (exact) mass is 341 g/mol. The van der Waals surface area contributed by atoms with Gasteiger partial charge < -0.3 is 14.7 Å². The lowest BCUT2D eigenvalue weighted by molar-refractivity contribution is -0.131. The molecule has 0 spiro atoms. The topological polar surface area (TPSA) is 101 Å². The van der Waals surface area contributed by atoms with E-state index in [1.807, 2.05) is 17.0 Å². The second-order valence-corrected chi connectivity index (χ2v) is 6.54. The van der Waals surface area contributed by atoms with Crippen LogP contribution >= 0.6 is 0 Å². The predicted molar refractivity (Wildman–Crippen MR) is 87.1 cm³/mol. The summed E-state index contributed by atoms with van der Waals surface area (Å²) in [6.45, 7) is 1.30. The van der Waals surface area contributed by atoms with Crippen molar-refractivity contribution in [3.8, 4) is 11.4 Å². The molecular formula is C17H19N5O3. The molecule has 8 heteroatoms. The average molecular weight is 341 g/mol. The minimum Gasteiger partial charge on any atom is -0.351 e. The number of nitrogens with zero attached hydrogens (tertiary/aromatic N) is 4. The lowest BCUT2D eigenvalue weighted by Gasteiger charge is -2.16. The fourth-order valence-electron chi connectivity index (χ4n) is 3.47. The van der Waals surface area contributed by atoms with Gasteiger partial charge in [0.15, 0.2) is 0 Å². The highest BCUT2D eigenvalue weighted by molar-refractivity contribution is 5.81. The Morgan fingerprint density at radius 2 is 2.32 bits per heavy atom. The van der Waals surface area contributed by atoms with E-state index in [1.54, 1.807) is 12.4 Å². The molecule has 2 saturated heterocycles. The summed E-state index contributed by atoms with van der Waals surface area (Å²) in [5, 5.41) is 6.88. The van der Waals surface area contributed by atoms with Gasteiger partial charge in [-0.2, -0.15) is 4.98 Å². The highest BCUT2D eigenvalue weighted by Crippen LogP contribution is 2.26. The quantitative estimate of drug-likeness (QED) is 0.863. The van der Waals surface area contributed by atoms with Gasteiger partial charge in [-0.25, -0.2) is 0 Å². The predicted octanol–water partition coefficient (Wildman–Crippen LogP) is 0.801. The van der Waals surface area contributed by atoms with E-state index in [9.17, 15) is 9.59 Å². The van der Waals surface area contributed by atoms with Crippen molar-refractivity contribution < 1.29 is 14.1 Å². The second-order valence-electron chi connectivity index (χ2n) is 6.54. The van der Waals surface area contributed by atoms with E-state index in [4.69, 9.17) is 4.52 Å². The van der Waals surface area contributed by atoms with Crippen LogP contribution in [0.3, 0.4) is 0 Å². The zero-order valence-electron chi connectivity index (χ0n) is 13.7. The largest absolute Gasteiger partial charge is 0.351 e. The van der Waals surface area contributed by atoms with Crippen molar-refractivity contribution in [3.05, 3.63) is 30.4 Å². The van der Waals surface area contributed by atoms with Gasteiger partial charge in [0.05, 0.1) is 6.04 Å². The summed E-state index contributed by atoms with van der Waals surface area (Å²) < 4.78 is 5.24. The average Bonchev–Trinajstić information content (AvgIpc) is 3.30. The van der Waals surface area contributed by atoms with Gasteiger partial charge in [-0.05, 0) is 18.6 Å². The number of hydrogen-bond donors (Lipinski definition) is 1. The van der Waals surface area contributed by atoms with Crippen molar-refractivity contribution in [1.82, 2.24) is 25.3 Å². The first-order valence-corrected chi connectivity index (χ1v) is 8.49. The zero-order valence-corrected chi connectivity index (χ0v) is 13.7. The van der Waals surface area contributed by atoms with E-state index in [-0.39, 0.29) is 23.8 Å². The molecule has 25 heavy (non-hydrogen) atoms. The van der Waals surface area contributed by atoms with Crippen molar-refractivity contribution in [2.24, 2.45) is 5.92 Å². The van der Waals surface area contributed by atoms with Crippen LogP contribution in [0.15, 0.2) is 29.0 Å². The molecule has 8 nitrogen and oxygen atoms in total. The molecule has 2 aromatic heterocycles. The fourth-order valence-corrected chi connectivity index (χ4v) is 3.47. The third kappa shape index (κ3) is 3.38. The summed E-state index contributed by atoms with van der Waals surface area (Å²) in [6, 6.07) is 3.82. The van der Waals surface area contributed by atoms with Crippen LogP contribution in [-0.4, -0.2) is 51.0 Å². The van der Waals surface area contributed by atoms with Crippen LogP contribution < -0.4 is 5.32 Å². The third-order valence-electron chi connectivity index (χ3n) is 4.76. The molecule has 4 heterocycles. The van der Waals surface area contributed by atoms with Crippen LogP contribution in [0.1, 0.15) is 25.2 Å². The number of aryl methyl sites for hydroxylation is 1. The molecule has 1 N–H and O–H groups in total. The molecule has 0 aliphatic carbocycles. The van der Waals surface area contributed by atoms with Crippen molar-refractivity contribution in [3.63, 3.8) is 0 Å². The Bertz CT molecular complexity index is 760. The molecule has 0 unspecified atom stereocenters. The highest BCUT2D eigenvalue weighted by atomic mass is 16.5. The van der Waals surface area contributed by atoms with Gasteiger partial charge in [-0.15, -0.1) is 0 Å². The molecule has 0 aromatic carbocycles. The molecule has 2 atom stereocenters. The van der Waals surface area contributed by atoms with E-state index in [0.717, 1.165) is 5.56 Å². The molecule has 2 aliphatic rings. The standard InChI is InChI=1S/C17H19N5O3/c23-14-7-12-9-22(10-13(12)19-14)16(24)5-1-4-15-20-17(21-25-15)11-3-2-6-18-8-11/h2-3,6,8,12-13H,1,4-5,7,9-10H2,(H,19,23)/t12-,13+/m0/s1. The summed E-state index contributed by atoms with van der Waals surface area (Å²) in [7, 11) is 0. The third-order valence-corrected chi connectivity index (χ3v) is 4.76. The van der Waals surface area contributed by atoms with Gasteiger partial charge in [0, 0.05) is 56.2 Å². The Morgan fingerprint density at radius 1 is 1.40 bits per heavy atom. The van der Waals surface area contributed by atoms with Crippen LogP contribution in [-0.2, 0) is 16.0 Å². The number of aromatic nitrogens is 3. The number of fused-ring (bicyclic) bond motifs is 1. The molecule has 2 aromatic rings. The lowest BCUT2D eigenvalue weighted by atomic mass is 10.1. The Balaban J connectivity index is 1.25. The van der Waals surface area contributed by atoms with Crippen molar-refractivity contribution in [2.45, 2.75) is 31.7 Å². The first-order valence-electron chi connectivity index (χ1n) is 8.49. The molecule has 0 bridgehead atoms. The lowest BCUT2D eigenvalue weighted by Crippen LogP contribution is -2.35. The van der Waals surface area contributed by atoms with Crippen molar-refractivity contribution in [2.75, 3.05) is 13.1 Å². The van der Waals surface area contributed by atoms with E-state index in [2.05, 4.69) is 20.4 Å². The molecule has 4 rings (SSSR count).